The Hall–Kier alpha value is -3.32. The third-order valence-corrected chi connectivity index (χ3v) is 5.51. The molecule has 4 aromatic carbocycles. The molecule has 1 aliphatic rings. The van der Waals surface area contributed by atoms with E-state index in [2.05, 4.69) is 72.8 Å². The van der Waals surface area contributed by atoms with Crippen molar-refractivity contribution in [2.24, 2.45) is 0 Å². The lowest BCUT2D eigenvalue weighted by molar-refractivity contribution is 0.669. The van der Waals surface area contributed by atoms with Crippen molar-refractivity contribution in [3.8, 4) is 22.3 Å². The van der Waals surface area contributed by atoms with Crippen molar-refractivity contribution in [1.82, 2.24) is 0 Å². The van der Waals surface area contributed by atoms with Crippen LogP contribution in [-0.2, 0) is 6.42 Å². The Morgan fingerprint density at radius 2 is 1.35 bits per heavy atom. The van der Waals surface area contributed by atoms with Gasteiger partial charge in [0.15, 0.2) is 0 Å². The Morgan fingerprint density at radius 3 is 2.35 bits per heavy atom. The van der Waals surface area contributed by atoms with E-state index in [1.54, 1.807) is 0 Å². The summed E-state index contributed by atoms with van der Waals surface area (Å²) < 4.78 is 6.06. The van der Waals surface area contributed by atoms with Gasteiger partial charge in [0.1, 0.15) is 11.2 Å². The summed E-state index contributed by atoms with van der Waals surface area (Å²) in [6, 6.07) is 30.2. The third kappa shape index (κ3) is 1.86. The van der Waals surface area contributed by atoms with Crippen LogP contribution in [0.2, 0.25) is 0 Å². The molecule has 0 saturated heterocycles. The molecule has 1 heterocycles. The average Bonchev–Trinajstić information content (AvgIpc) is 3.25. The largest absolute Gasteiger partial charge is 0.456 e. The number of hydrogen-bond acceptors (Lipinski definition) is 1. The maximum absolute atomic E-state index is 6.06. The van der Waals surface area contributed by atoms with Crippen molar-refractivity contribution in [1.29, 1.82) is 0 Å². The monoisotopic (exact) mass is 332 g/mol. The zero-order chi connectivity index (χ0) is 17.1. The van der Waals surface area contributed by atoms with Crippen molar-refractivity contribution in [2.45, 2.75) is 6.42 Å². The van der Waals surface area contributed by atoms with Gasteiger partial charge in [0.2, 0.25) is 0 Å². The topological polar surface area (TPSA) is 13.1 Å². The van der Waals surface area contributed by atoms with E-state index in [1.165, 1.54) is 44.2 Å². The van der Waals surface area contributed by atoms with Gasteiger partial charge in [-0.05, 0) is 51.9 Å². The van der Waals surface area contributed by atoms with Crippen molar-refractivity contribution in [3.05, 3.63) is 96.1 Å². The fourth-order valence-corrected chi connectivity index (χ4v) is 4.33. The van der Waals surface area contributed by atoms with Gasteiger partial charge in [-0.1, -0.05) is 72.8 Å². The molecule has 0 N–H and O–H groups in total. The smallest absolute Gasteiger partial charge is 0.136 e. The number of fused-ring (bicyclic) bond motifs is 6. The van der Waals surface area contributed by atoms with Crippen LogP contribution in [0.3, 0.4) is 0 Å². The SMILES string of the molecule is c1ccc2c(c1)Cc1cc(-c3cccc4oc5ccccc5c34)ccc1-2. The summed E-state index contributed by atoms with van der Waals surface area (Å²) in [6.45, 7) is 0. The molecule has 1 nitrogen and oxygen atoms in total. The summed E-state index contributed by atoms with van der Waals surface area (Å²) in [5.41, 5.74) is 9.98. The molecule has 122 valence electrons. The summed E-state index contributed by atoms with van der Waals surface area (Å²) in [5, 5.41) is 2.39. The lowest BCUT2D eigenvalue weighted by Gasteiger charge is -2.07. The highest BCUT2D eigenvalue weighted by molar-refractivity contribution is 6.12. The first-order chi connectivity index (χ1) is 12.9. The second kappa shape index (κ2) is 5.09. The summed E-state index contributed by atoms with van der Waals surface area (Å²) in [4.78, 5) is 0. The molecular formula is C25H16O. The van der Waals surface area contributed by atoms with Crippen molar-refractivity contribution in [2.75, 3.05) is 0 Å². The van der Waals surface area contributed by atoms with Crippen LogP contribution in [0.5, 0.6) is 0 Å². The van der Waals surface area contributed by atoms with E-state index in [0.29, 0.717) is 0 Å². The van der Waals surface area contributed by atoms with Gasteiger partial charge in [0, 0.05) is 10.8 Å². The number of furan rings is 1. The summed E-state index contributed by atoms with van der Waals surface area (Å²) in [6.07, 6.45) is 1.02. The van der Waals surface area contributed by atoms with Gasteiger partial charge < -0.3 is 4.42 Å². The number of hydrogen-bond donors (Lipinski definition) is 0. The normalized spacial score (nSPS) is 12.5. The third-order valence-electron chi connectivity index (χ3n) is 5.51. The predicted octanol–water partition coefficient (Wildman–Crippen LogP) is 6.82. The minimum Gasteiger partial charge on any atom is -0.456 e. The standard InChI is InChI=1S/C25H16O/c1-2-7-19-16(6-1)14-18-15-17(12-13-20(18)19)21-9-5-11-24-25(21)22-8-3-4-10-23(22)26-24/h1-13,15H,14H2. The van der Waals surface area contributed by atoms with E-state index in [1.807, 2.05) is 12.1 Å². The summed E-state index contributed by atoms with van der Waals surface area (Å²) in [5.74, 6) is 0. The van der Waals surface area contributed by atoms with Crippen LogP contribution in [0.4, 0.5) is 0 Å². The van der Waals surface area contributed by atoms with Crippen LogP contribution in [0.25, 0.3) is 44.2 Å². The Kier molecular flexibility index (Phi) is 2.72. The van der Waals surface area contributed by atoms with E-state index >= 15 is 0 Å². The van der Waals surface area contributed by atoms with Crippen LogP contribution in [-0.4, -0.2) is 0 Å². The molecule has 26 heavy (non-hydrogen) atoms. The molecule has 5 aromatic rings. The molecule has 0 saturated carbocycles. The second-order valence-corrected chi connectivity index (χ2v) is 6.98. The number of rotatable bonds is 1. The molecule has 0 amide bonds. The Labute approximate surface area is 151 Å². The molecule has 1 aliphatic carbocycles. The van der Waals surface area contributed by atoms with Gasteiger partial charge in [-0.15, -0.1) is 0 Å². The molecule has 0 unspecified atom stereocenters. The zero-order valence-electron chi connectivity index (χ0n) is 14.2. The average molecular weight is 332 g/mol. The molecule has 0 spiro atoms. The highest BCUT2D eigenvalue weighted by Crippen LogP contribution is 2.41. The van der Waals surface area contributed by atoms with E-state index in [-0.39, 0.29) is 0 Å². The molecule has 6 rings (SSSR count). The lowest BCUT2D eigenvalue weighted by atomic mass is 9.96. The maximum atomic E-state index is 6.06. The van der Waals surface area contributed by atoms with Gasteiger partial charge in [-0.2, -0.15) is 0 Å². The highest BCUT2D eigenvalue weighted by atomic mass is 16.3. The Morgan fingerprint density at radius 1 is 0.577 bits per heavy atom. The molecule has 0 aliphatic heterocycles. The van der Waals surface area contributed by atoms with Crippen molar-refractivity contribution < 1.29 is 4.42 Å². The highest BCUT2D eigenvalue weighted by Gasteiger charge is 2.19. The quantitative estimate of drug-likeness (QED) is 0.322. The van der Waals surface area contributed by atoms with E-state index in [0.717, 1.165) is 17.6 Å². The minimum absolute atomic E-state index is 0.948. The zero-order valence-corrected chi connectivity index (χ0v) is 14.2. The molecule has 0 bridgehead atoms. The second-order valence-electron chi connectivity index (χ2n) is 6.98. The molecule has 0 radical (unpaired) electrons. The van der Waals surface area contributed by atoms with Gasteiger partial charge in [-0.3, -0.25) is 0 Å². The maximum Gasteiger partial charge on any atom is 0.136 e. The Bertz CT molecular complexity index is 1310. The number of benzene rings is 4. The van der Waals surface area contributed by atoms with Crippen LogP contribution in [0.15, 0.2) is 89.3 Å². The van der Waals surface area contributed by atoms with Crippen molar-refractivity contribution >= 4 is 21.9 Å². The molecule has 1 heteroatoms. The van der Waals surface area contributed by atoms with Gasteiger partial charge in [0.25, 0.3) is 0 Å². The fraction of sp³-hybridized carbons (Fsp3) is 0.0400. The first-order valence-corrected chi connectivity index (χ1v) is 9.00. The van der Waals surface area contributed by atoms with E-state index in [9.17, 15) is 0 Å². The van der Waals surface area contributed by atoms with Gasteiger partial charge in [0.05, 0.1) is 0 Å². The molecule has 0 atom stereocenters. The van der Waals surface area contributed by atoms with Crippen LogP contribution >= 0.6 is 0 Å². The first kappa shape index (κ1) is 13.9. The van der Waals surface area contributed by atoms with Gasteiger partial charge >= 0.3 is 0 Å². The van der Waals surface area contributed by atoms with Crippen LogP contribution in [0.1, 0.15) is 11.1 Å². The Balaban J connectivity index is 1.60. The first-order valence-electron chi connectivity index (χ1n) is 9.00. The molecule has 0 fully saturated rings. The van der Waals surface area contributed by atoms with Crippen LogP contribution < -0.4 is 0 Å². The summed E-state index contributed by atoms with van der Waals surface area (Å²) >= 11 is 0. The van der Waals surface area contributed by atoms with E-state index in [4.69, 9.17) is 4.42 Å². The van der Waals surface area contributed by atoms with Gasteiger partial charge in [-0.25, -0.2) is 0 Å². The minimum atomic E-state index is 0.948. The fourth-order valence-electron chi connectivity index (χ4n) is 4.33. The lowest BCUT2D eigenvalue weighted by Crippen LogP contribution is -1.84. The van der Waals surface area contributed by atoms with Crippen molar-refractivity contribution in [3.63, 3.8) is 0 Å². The molecule has 1 aromatic heterocycles. The van der Waals surface area contributed by atoms with Crippen LogP contribution in [0, 0.1) is 0 Å². The summed E-state index contributed by atoms with van der Waals surface area (Å²) in [7, 11) is 0. The number of para-hydroxylation sites is 1. The predicted molar refractivity (Wildman–Crippen MR) is 107 cm³/mol. The van der Waals surface area contributed by atoms with E-state index < -0.39 is 0 Å². The molecular weight excluding hydrogens is 316 g/mol.